The SMILES string of the molecule is Cc1cc(Cl)c(-c2ccc(CN3CCC(C(O)CO)CC3)cc2)cc1F. The molecule has 1 saturated heterocycles. The number of likely N-dealkylation sites (tertiary alicyclic amines) is 1. The highest BCUT2D eigenvalue weighted by atomic mass is 35.5. The van der Waals surface area contributed by atoms with E-state index in [1.165, 1.54) is 11.6 Å². The van der Waals surface area contributed by atoms with Crippen molar-refractivity contribution in [2.45, 2.75) is 32.4 Å². The average Bonchev–Trinajstić information content (AvgIpc) is 2.65. The number of hydrogen-bond donors (Lipinski definition) is 2. The second-order valence-corrected chi connectivity index (χ2v) is 7.55. The fraction of sp³-hybridized carbons (Fsp3) is 0.429. The Labute approximate surface area is 159 Å². The van der Waals surface area contributed by atoms with Gasteiger partial charge in [0.2, 0.25) is 0 Å². The third-order valence-corrected chi connectivity index (χ3v) is 5.60. The van der Waals surface area contributed by atoms with E-state index >= 15 is 0 Å². The Balaban J connectivity index is 1.63. The molecule has 1 atom stereocenters. The molecule has 1 aliphatic rings. The average molecular weight is 378 g/mol. The molecule has 0 aromatic heterocycles. The smallest absolute Gasteiger partial charge is 0.126 e. The van der Waals surface area contributed by atoms with Crippen LogP contribution >= 0.6 is 11.6 Å². The van der Waals surface area contributed by atoms with Crippen LogP contribution in [0.4, 0.5) is 4.39 Å². The predicted octanol–water partition coefficient (Wildman–Crippen LogP) is 4.02. The zero-order valence-electron chi connectivity index (χ0n) is 15.0. The number of aliphatic hydroxyl groups is 2. The molecule has 1 fully saturated rings. The number of piperidine rings is 1. The number of hydrogen-bond acceptors (Lipinski definition) is 3. The lowest BCUT2D eigenvalue weighted by atomic mass is 9.91. The minimum absolute atomic E-state index is 0.158. The standard InChI is InChI=1S/C21H25ClFNO2/c1-14-10-19(22)18(11-20(14)23)16-4-2-15(3-5-16)12-24-8-6-17(7-9-24)21(26)13-25/h2-5,10-11,17,21,25-26H,6-9,12-13H2,1H3. The number of rotatable bonds is 5. The molecule has 3 nitrogen and oxygen atoms in total. The van der Waals surface area contributed by atoms with E-state index in [2.05, 4.69) is 17.0 Å². The van der Waals surface area contributed by atoms with Gasteiger partial charge in [-0.25, -0.2) is 4.39 Å². The van der Waals surface area contributed by atoms with Crippen LogP contribution in [-0.4, -0.2) is 40.9 Å². The Morgan fingerprint density at radius 2 is 1.85 bits per heavy atom. The lowest BCUT2D eigenvalue weighted by molar-refractivity contribution is 0.0172. The molecule has 1 unspecified atom stereocenters. The van der Waals surface area contributed by atoms with Gasteiger partial charge in [-0.2, -0.15) is 0 Å². The van der Waals surface area contributed by atoms with Gasteiger partial charge in [0.25, 0.3) is 0 Å². The van der Waals surface area contributed by atoms with Crippen molar-refractivity contribution in [3.8, 4) is 11.1 Å². The van der Waals surface area contributed by atoms with Crippen LogP contribution in [0.15, 0.2) is 36.4 Å². The van der Waals surface area contributed by atoms with Crippen molar-refractivity contribution in [3.63, 3.8) is 0 Å². The first-order valence-corrected chi connectivity index (χ1v) is 9.42. The molecule has 0 amide bonds. The summed E-state index contributed by atoms with van der Waals surface area (Å²) in [6.07, 6.45) is 1.20. The molecule has 1 heterocycles. The van der Waals surface area contributed by atoms with E-state index in [9.17, 15) is 9.50 Å². The molecule has 140 valence electrons. The lowest BCUT2D eigenvalue weighted by Crippen LogP contribution is -2.38. The van der Waals surface area contributed by atoms with Gasteiger partial charge >= 0.3 is 0 Å². The molecule has 3 rings (SSSR count). The molecule has 0 bridgehead atoms. The van der Waals surface area contributed by atoms with Gasteiger partial charge < -0.3 is 10.2 Å². The van der Waals surface area contributed by atoms with Gasteiger partial charge in [0.1, 0.15) is 5.82 Å². The summed E-state index contributed by atoms with van der Waals surface area (Å²) in [5, 5.41) is 19.4. The van der Waals surface area contributed by atoms with Crippen molar-refractivity contribution in [1.82, 2.24) is 4.90 Å². The molecule has 26 heavy (non-hydrogen) atoms. The van der Waals surface area contributed by atoms with Crippen LogP contribution in [0.1, 0.15) is 24.0 Å². The summed E-state index contributed by atoms with van der Waals surface area (Å²) < 4.78 is 13.8. The summed E-state index contributed by atoms with van der Waals surface area (Å²) in [4.78, 5) is 2.36. The van der Waals surface area contributed by atoms with Crippen LogP contribution in [0, 0.1) is 18.7 Å². The second kappa shape index (κ2) is 8.49. The van der Waals surface area contributed by atoms with Crippen LogP contribution in [0.5, 0.6) is 0 Å². The van der Waals surface area contributed by atoms with Crippen molar-refractivity contribution >= 4 is 11.6 Å². The summed E-state index contributed by atoms with van der Waals surface area (Å²) in [5.74, 6) is -0.0568. The van der Waals surface area contributed by atoms with Crippen molar-refractivity contribution in [2.24, 2.45) is 5.92 Å². The van der Waals surface area contributed by atoms with Crippen molar-refractivity contribution in [1.29, 1.82) is 0 Å². The van der Waals surface area contributed by atoms with Gasteiger partial charge in [0.05, 0.1) is 12.7 Å². The summed E-state index contributed by atoms with van der Waals surface area (Å²) in [6.45, 7) is 4.22. The molecular formula is C21H25ClFNO2. The van der Waals surface area contributed by atoms with Gasteiger partial charge in [-0.1, -0.05) is 35.9 Å². The van der Waals surface area contributed by atoms with Gasteiger partial charge in [-0.3, -0.25) is 4.90 Å². The molecule has 2 aromatic rings. The molecule has 1 aliphatic heterocycles. The molecule has 0 spiro atoms. The van der Waals surface area contributed by atoms with E-state index < -0.39 is 6.10 Å². The number of aryl methyl sites for hydroxylation is 1. The third-order valence-electron chi connectivity index (χ3n) is 5.28. The Morgan fingerprint density at radius 3 is 2.46 bits per heavy atom. The van der Waals surface area contributed by atoms with Crippen LogP contribution in [-0.2, 0) is 6.54 Å². The summed E-state index contributed by atoms with van der Waals surface area (Å²) in [6, 6.07) is 11.2. The monoisotopic (exact) mass is 377 g/mol. The minimum Gasteiger partial charge on any atom is -0.394 e. The number of nitrogens with zero attached hydrogens (tertiary/aromatic N) is 1. The van der Waals surface area contributed by atoms with Crippen LogP contribution in [0.2, 0.25) is 5.02 Å². The fourth-order valence-electron chi connectivity index (χ4n) is 3.56. The van der Waals surface area contributed by atoms with Crippen LogP contribution < -0.4 is 0 Å². The first kappa shape index (κ1) is 19.3. The minimum atomic E-state index is -0.601. The predicted molar refractivity (Wildman–Crippen MR) is 103 cm³/mol. The van der Waals surface area contributed by atoms with Gasteiger partial charge in [0, 0.05) is 17.1 Å². The lowest BCUT2D eigenvalue weighted by Gasteiger charge is -2.33. The second-order valence-electron chi connectivity index (χ2n) is 7.14. The maximum atomic E-state index is 13.8. The Kier molecular flexibility index (Phi) is 6.30. The number of halogens is 2. The number of aliphatic hydroxyl groups excluding tert-OH is 2. The van der Waals surface area contributed by atoms with Gasteiger partial charge in [-0.05, 0) is 67.6 Å². The Bertz CT molecular complexity index is 742. The highest BCUT2D eigenvalue weighted by Crippen LogP contribution is 2.31. The summed E-state index contributed by atoms with van der Waals surface area (Å²) >= 11 is 6.27. The maximum Gasteiger partial charge on any atom is 0.126 e. The molecule has 2 aromatic carbocycles. The van der Waals surface area contributed by atoms with Gasteiger partial charge in [0.15, 0.2) is 0 Å². The van der Waals surface area contributed by atoms with Crippen molar-refractivity contribution in [2.75, 3.05) is 19.7 Å². The first-order valence-electron chi connectivity index (χ1n) is 9.04. The normalized spacial score (nSPS) is 17.4. The van der Waals surface area contributed by atoms with Crippen LogP contribution in [0.25, 0.3) is 11.1 Å². The van der Waals surface area contributed by atoms with E-state index in [0.717, 1.165) is 38.0 Å². The maximum absolute atomic E-state index is 13.8. The van der Waals surface area contributed by atoms with Gasteiger partial charge in [-0.15, -0.1) is 0 Å². The molecule has 2 N–H and O–H groups in total. The molecule has 0 aliphatic carbocycles. The first-order chi connectivity index (χ1) is 12.5. The zero-order chi connectivity index (χ0) is 18.7. The Morgan fingerprint density at radius 1 is 1.19 bits per heavy atom. The van der Waals surface area contributed by atoms with Crippen LogP contribution in [0.3, 0.4) is 0 Å². The highest BCUT2D eigenvalue weighted by Gasteiger charge is 2.24. The van der Waals surface area contributed by atoms with Crippen molar-refractivity contribution < 1.29 is 14.6 Å². The van der Waals surface area contributed by atoms with Crippen molar-refractivity contribution in [3.05, 3.63) is 58.4 Å². The molecule has 5 heteroatoms. The Hall–Kier alpha value is -1.46. The highest BCUT2D eigenvalue weighted by molar-refractivity contribution is 6.33. The van der Waals surface area contributed by atoms with E-state index in [1.807, 2.05) is 12.1 Å². The number of benzene rings is 2. The molecule has 0 saturated carbocycles. The third kappa shape index (κ3) is 4.44. The van der Waals surface area contributed by atoms with E-state index in [1.54, 1.807) is 13.0 Å². The van der Waals surface area contributed by atoms with E-state index in [0.29, 0.717) is 16.1 Å². The molecular weight excluding hydrogens is 353 g/mol. The summed E-state index contributed by atoms with van der Waals surface area (Å²) in [5.41, 5.74) is 3.35. The fourth-order valence-corrected chi connectivity index (χ4v) is 3.89. The topological polar surface area (TPSA) is 43.7 Å². The quantitative estimate of drug-likeness (QED) is 0.827. The largest absolute Gasteiger partial charge is 0.394 e. The summed E-state index contributed by atoms with van der Waals surface area (Å²) in [7, 11) is 0. The zero-order valence-corrected chi connectivity index (χ0v) is 15.7. The van der Waals surface area contributed by atoms with E-state index in [4.69, 9.17) is 16.7 Å². The molecule has 0 radical (unpaired) electrons. The van der Waals surface area contributed by atoms with E-state index in [-0.39, 0.29) is 18.3 Å².